The highest BCUT2D eigenvalue weighted by atomic mass is 79.9. The fraction of sp³-hybridized carbons (Fsp3) is 0.917. The van der Waals surface area contributed by atoms with Gasteiger partial charge in [-0.25, -0.2) is 0 Å². The van der Waals surface area contributed by atoms with Gasteiger partial charge in [-0.2, -0.15) is 0 Å². The third-order valence-electron chi connectivity index (χ3n) is 3.81. The van der Waals surface area contributed by atoms with Crippen LogP contribution >= 0.6 is 15.9 Å². The average molecular weight is 289 g/mol. The zero-order valence-electron chi connectivity index (χ0n) is 9.83. The molecule has 2 aliphatic rings. The third-order valence-corrected chi connectivity index (χ3v) is 4.17. The molecule has 1 saturated carbocycles. The Kier molecular flexibility index (Phi) is 4.65. The number of rotatable bonds is 4. The van der Waals surface area contributed by atoms with Gasteiger partial charge in [-0.3, -0.25) is 9.69 Å². The van der Waals surface area contributed by atoms with Crippen LogP contribution < -0.4 is 0 Å². The molecule has 16 heavy (non-hydrogen) atoms. The molecule has 0 aromatic carbocycles. The van der Waals surface area contributed by atoms with Gasteiger partial charge in [0.2, 0.25) is 5.91 Å². The molecule has 0 atom stereocenters. The van der Waals surface area contributed by atoms with Crippen LogP contribution in [-0.2, 0) is 4.79 Å². The van der Waals surface area contributed by atoms with Crippen LogP contribution in [-0.4, -0.2) is 53.8 Å². The Morgan fingerprint density at radius 2 is 1.88 bits per heavy atom. The van der Waals surface area contributed by atoms with E-state index in [1.165, 1.54) is 19.3 Å². The Morgan fingerprint density at radius 3 is 2.38 bits per heavy atom. The van der Waals surface area contributed by atoms with Gasteiger partial charge in [0.05, 0.1) is 0 Å². The molecule has 2 fully saturated rings. The number of nitrogens with zero attached hydrogens (tertiary/aromatic N) is 2. The van der Waals surface area contributed by atoms with E-state index in [1.807, 2.05) is 0 Å². The maximum atomic E-state index is 12.0. The average Bonchev–Trinajstić information content (AvgIpc) is 2.25. The first-order chi connectivity index (χ1) is 7.79. The quantitative estimate of drug-likeness (QED) is 0.736. The van der Waals surface area contributed by atoms with Gasteiger partial charge in [0.25, 0.3) is 0 Å². The lowest BCUT2D eigenvalue weighted by molar-refractivity contribution is -0.134. The lowest BCUT2D eigenvalue weighted by atomic mass is 9.82. The summed E-state index contributed by atoms with van der Waals surface area (Å²) in [6, 6.07) is 0. The van der Waals surface area contributed by atoms with Crippen LogP contribution in [0.3, 0.4) is 0 Å². The number of amides is 1. The van der Waals surface area contributed by atoms with Gasteiger partial charge in [-0.15, -0.1) is 0 Å². The molecule has 2 rings (SSSR count). The van der Waals surface area contributed by atoms with Crippen LogP contribution in [0.15, 0.2) is 0 Å². The molecule has 1 aliphatic heterocycles. The molecule has 1 heterocycles. The topological polar surface area (TPSA) is 23.6 Å². The van der Waals surface area contributed by atoms with Crippen molar-refractivity contribution in [3.63, 3.8) is 0 Å². The molecule has 92 valence electrons. The van der Waals surface area contributed by atoms with E-state index in [4.69, 9.17) is 0 Å². The summed E-state index contributed by atoms with van der Waals surface area (Å²) in [5, 5.41) is 1.03. The standard InChI is InChI=1S/C12H21BrN2O/c13-4-5-14-6-8-15(9-7-14)12(16)10-11-2-1-3-11/h11H,1-10H2. The van der Waals surface area contributed by atoms with E-state index in [0.717, 1.165) is 44.5 Å². The van der Waals surface area contributed by atoms with Crippen LogP contribution in [0.2, 0.25) is 0 Å². The molecule has 4 heteroatoms. The van der Waals surface area contributed by atoms with Gasteiger partial charge >= 0.3 is 0 Å². The number of hydrogen-bond acceptors (Lipinski definition) is 2. The molecule has 0 radical (unpaired) electrons. The maximum Gasteiger partial charge on any atom is 0.222 e. The van der Waals surface area contributed by atoms with Gasteiger partial charge in [-0.1, -0.05) is 22.4 Å². The van der Waals surface area contributed by atoms with E-state index in [1.54, 1.807) is 0 Å². The Hall–Kier alpha value is -0.0900. The summed E-state index contributed by atoms with van der Waals surface area (Å²) in [5.74, 6) is 1.09. The van der Waals surface area contributed by atoms with Gasteiger partial charge in [0.1, 0.15) is 0 Å². The summed E-state index contributed by atoms with van der Waals surface area (Å²) in [4.78, 5) is 16.4. The van der Waals surface area contributed by atoms with E-state index in [-0.39, 0.29) is 0 Å². The predicted octanol–water partition coefficient (Wildman–Crippen LogP) is 1.72. The number of carbonyl (C=O) groups excluding carboxylic acids is 1. The highest BCUT2D eigenvalue weighted by molar-refractivity contribution is 9.09. The van der Waals surface area contributed by atoms with Gasteiger partial charge in [-0.05, 0) is 18.8 Å². The van der Waals surface area contributed by atoms with E-state index in [9.17, 15) is 4.79 Å². The molecule has 0 N–H and O–H groups in total. The lowest BCUT2D eigenvalue weighted by Crippen LogP contribution is -2.49. The Balaban J connectivity index is 1.68. The lowest BCUT2D eigenvalue weighted by Gasteiger charge is -2.36. The molecular formula is C12H21BrN2O. The second-order valence-electron chi connectivity index (χ2n) is 4.91. The maximum absolute atomic E-state index is 12.0. The highest BCUT2D eigenvalue weighted by Gasteiger charge is 2.25. The van der Waals surface area contributed by atoms with E-state index >= 15 is 0 Å². The molecule has 1 saturated heterocycles. The van der Waals surface area contributed by atoms with E-state index in [2.05, 4.69) is 25.7 Å². The number of piperazine rings is 1. The molecule has 0 bridgehead atoms. The number of hydrogen-bond donors (Lipinski definition) is 0. The third kappa shape index (κ3) is 3.20. The normalized spacial score (nSPS) is 23.2. The second kappa shape index (κ2) is 6.01. The second-order valence-corrected chi connectivity index (χ2v) is 5.71. The van der Waals surface area contributed by atoms with Crippen molar-refractivity contribution in [2.24, 2.45) is 5.92 Å². The van der Waals surface area contributed by atoms with Crippen molar-refractivity contribution >= 4 is 21.8 Å². The molecule has 0 spiro atoms. The Bertz CT molecular complexity index is 235. The van der Waals surface area contributed by atoms with Crippen molar-refractivity contribution in [2.75, 3.05) is 38.1 Å². The minimum Gasteiger partial charge on any atom is -0.340 e. The minimum absolute atomic E-state index is 0.392. The molecule has 0 unspecified atom stereocenters. The summed E-state index contributed by atoms with van der Waals surface area (Å²) >= 11 is 3.46. The molecule has 0 aromatic rings. The van der Waals surface area contributed by atoms with Crippen molar-refractivity contribution in [3.05, 3.63) is 0 Å². The molecule has 1 amide bonds. The van der Waals surface area contributed by atoms with E-state index in [0.29, 0.717) is 11.8 Å². The van der Waals surface area contributed by atoms with Gasteiger partial charge in [0, 0.05) is 44.5 Å². The number of carbonyl (C=O) groups is 1. The van der Waals surface area contributed by atoms with Crippen molar-refractivity contribution < 1.29 is 4.79 Å². The largest absolute Gasteiger partial charge is 0.340 e. The van der Waals surface area contributed by atoms with Crippen molar-refractivity contribution in [3.8, 4) is 0 Å². The van der Waals surface area contributed by atoms with Crippen LogP contribution in [0, 0.1) is 5.92 Å². The van der Waals surface area contributed by atoms with Gasteiger partial charge in [0.15, 0.2) is 0 Å². The fourth-order valence-electron chi connectivity index (χ4n) is 2.41. The highest BCUT2D eigenvalue weighted by Crippen LogP contribution is 2.29. The first-order valence-electron chi connectivity index (χ1n) is 6.35. The number of halogens is 1. The Morgan fingerprint density at radius 1 is 1.19 bits per heavy atom. The van der Waals surface area contributed by atoms with Crippen molar-refractivity contribution in [1.82, 2.24) is 9.80 Å². The summed E-state index contributed by atoms with van der Waals surface area (Å²) in [6.07, 6.45) is 4.68. The van der Waals surface area contributed by atoms with E-state index < -0.39 is 0 Å². The Labute approximate surface area is 106 Å². The number of alkyl halides is 1. The van der Waals surface area contributed by atoms with Crippen molar-refractivity contribution in [2.45, 2.75) is 25.7 Å². The first-order valence-corrected chi connectivity index (χ1v) is 7.48. The van der Waals surface area contributed by atoms with Crippen LogP contribution in [0.1, 0.15) is 25.7 Å². The zero-order valence-corrected chi connectivity index (χ0v) is 11.4. The van der Waals surface area contributed by atoms with Crippen LogP contribution in [0.25, 0.3) is 0 Å². The summed E-state index contributed by atoms with van der Waals surface area (Å²) in [7, 11) is 0. The monoisotopic (exact) mass is 288 g/mol. The van der Waals surface area contributed by atoms with Gasteiger partial charge < -0.3 is 4.90 Å². The zero-order chi connectivity index (χ0) is 11.4. The summed E-state index contributed by atoms with van der Waals surface area (Å²) in [5.41, 5.74) is 0. The SMILES string of the molecule is O=C(CC1CCC1)N1CCN(CCBr)CC1. The predicted molar refractivity (Wildman–Crippen MR) is 68.8 cm³/mol. The summed E-state index contributed by atoms with van der Waals surface area (Å²) in [6.45, 7) is 5.05. The molecule has 1 aliphatic carbocycles. The minimum atomic E-state index is 0.392. The molecular weight excluding hydrogens is 268 g/mol. The fourth-order valence-corrected chi connectivity index (χ4v) is 2.91. The smallest absolute Gasteiger partial charge is 0.222 e. The molecule has 3 nitrogen and oxygen atoms in total. The van der Waals surface area contributed by atoms with Crippen LogP contribution in [0.5, 0.6) is 0 Å². The first kappa shape index (κ1) is 12.4. The summed E-state index contributed by atoms with van der Waals surface area (Å²) < 4.78 is 0. The van der Waals surface area contributed by atoms with Crippen molar-refractivity contribution in [1.29, 1.82) is 0 Å². The van der Waals surface area contributed by atoms with Crippen LogP contribution in [0.4, 0.5) is 0 Å². The molecule has 0 aromatic heterocycles.